The third kappa shape index (κ3) is 4.45. The molecule has 29 heavy (non-hydrogen) atoms. The molecule has 0 aromatic heterocycles. The normalized spacial score (nSPS) is 24.2. The lowest BCUT2D eigenvalue weighted by atomic mass is 9.76. The lowest BCUT2D eigenvalue weighted by Gasteiger charge is -2.46. The monoisotopic (exact) mass is 420 g/mol. The Morgan fingerprint density at radius 1 is 1.24 bits per heavy atom. The maximum atomic E-state index is 12.6. The predicted octanol–water partition coefficient (Wildman–Crippen LogP) is 3.04. The number of sulfonamides is 1. The maximum Gasteiger partial charge on any atom is 0.220 e. The molecule has 3 aliphatic rings. The fourth-order valence-electron chi connectivity index (χ4n) is 4.57. The molecular formula is C22H32N2O4S. The molecule has 2 aliphatic heterocycles. The first-order chi connectivity index (χ1) is 13.8. The van der Waals surface area contributed by atoms with Gasteiger partial charge in [-0.2, -0.15) is 0 Å². The van der Waals surface area contributed by atoms with Gasteiger partial charge >= 0.3 is 0 Å². The molecule has 1 aromatic carbocycles. The number of piperidine rings is 1. The molecule has 6 nitrogen and oxygen atoms in total. The lowest BCUT2D eigenvalue weighted by Crippen LogP contribution is -2.52. The van der Waals surface area contributed by atoms with Crippen LogP contribution in [0.25, 0.3) is 0 Å². The third-order valence-electron chi connectivity index (χ3n) is 6.38. The van der Waals surface area contributed by atoms with Gasteiger partial charge in [-0.05, 0) is 36.8 Å². The second-order valence-corrected chi connectivity index (χ2v) is 11.5. The van der Waals surface area contributed by atoms with Gasteiger partial charge in [0.1, 0.15) is 11.4 Å². The van der Waals surface area contributed by atoms with Gasteiger partial charge in [0.2, 0.25) is 15.9 Å². The van der Waals surface area contributed by atoms with Crippen LogP contribution in [0, 0.1) is 5.92 Å². The number of carbonyl (C=O) groups excluding carboxylic acids is 1. The molecule has 1 aromatic rings. The van der Waals surface area contributed by atoms with Crippen LogP contribution in [0.4, 0.5) is 0 Å². The average Bonchev–Trinajstić information content (AvgIpc) is 3.53. The molecule has 1 saturated carbocycles. The van der Waals surface area contributed by atoms with E-state index in [2.05, 4.69) is 25.2 Å². The number of para-hydroxylation sites is 1. The molecule has 160 valence electrons. The third-order valence-corrected chi connectivity index (χ3v) is 8.78. The Labute approximate surface area is 174 Å². The standard InChI is InChI=1S/C22H32N2O4S/c1-16(2)15-23-21(25)13-17-14-22(28-20-6-4-3-5-19(17)20)9-11-24(12-10-22)29(26,27)18-7-8-18/h3-6,16-18H,7-15H2,1-2H3,(H,23,25)/t17-/m1/s1. The smallest absolute Gasteiger partial charge is 0.220 e. The molecule has 1 aliphatic carbocycles. The minimum Gasteiger partial charge on any atom is -0.487 e. The van der Waals surface area contributed by atoms with Crippen molar-refractivity contribution in [2.75, 3.05) is 19.6 Å². The molecule has 2 heterocycles. The highest BCUT2D eigenvalue weighted by molar-refractivity contribution is 7.90. The van der Waals surface area contributed by atoms with E-state index in [9.17, 15) is 13.2 Å². The van der Waals surface area contributed by atoms with E-state index >= 15 is 0 Å². The largest absolute Gasteiger partial charge is 0.487 e. The van der Waals surface area contributed by atoms with Crippen molar-refractivity contribution in [1.29, 1.82) is 0 Å². The average molecular weight is 421 g/mol. The van der Waals surface area contributed by atoms with E-state index in [4.69, 9.17) is 4.74 Å². The fourth-order valence-corrected chi connectivity index (χ4v) is 6.42. The molecule has 7 heteroatoms. The maximum absolute atomic E-state index is 12.6. The summed E-state index contributed by atoms with van der Waals surface area (Å²) in [6, 6.07) is 7.97. The van der Waals surface area contributed by atoms with Gasteiger partial charge in [0, 0.05) is 44.8 Å². The first-order valence-corrected chi connectivity index (χ1v) is 12.3. The summed E-state index contributed by atoms with van der Waals surface area (Å²) in [5, 5.41) is 2.87. The highest BCUT2D eigenvalue weighted by atomic mass is 32.2. The zero-order valence-electron chi connectivity index (χ0n) is 17.4. The number of ether oxygens (including phenoxy) is 1. The predicted molar refractivity (Wildman–Crippen MR) is 112 cm³/mol. The second kappa shape index (κ2) is 7.91. The summed E-state index contributed by atoms with van der Waals surface area (Å²) in [5.74, 6) is 1.44. The van der Waals surface area contributed by atoms with E-state index < -0.39 is 10.0 Å². The number of hydrogen-bond acceptors (Lipinski definition) is 4. The molecule has 0 radical (unpaired) electrons. The van der Waals surface area contributed by atoms with Crippen molar-refractivity contribution in [3.63, 3.8) is 0 Å². The molecule has 1 amide bonds. The number of fused-ring (bicyclic) bond motifs is 1. The number of nitrogens with zero attached hydrogens (tertiary/aromatic N) is 1. The van der Waals surface area contributed by atoms with Gasteiger partial charge in [0.05, 0.1) is 5.25 Å². The summed E-state index contributed by atoms with van der Waals surface area (Å²) in [7, 11) is -3.14. The van der Waals surface area contributed by atoms with Crippen LogP contribution in [0.2, 0.25) is 0 Å². The quantitative estimate of drug-likeness (QED) is 0.768. The van der Waals surface area contributed by atoms with Crippen LogP contribution in [-0.2, 0) is 14.8 Å². The van der Waals surface area contributed by atoms with Crippen molar-refractivity contribution in [3.8, 4) is 5.75 Å². The minimum absolute atomic E-state index is 0.0734. The zero-order chi connectivity index (χ0) is 20.6. The van der Waals surface area contributed by atoms with E-state index in [-0.39, 0.29) is 22.7 Å². The molecule has 1 atom stereocenters. The van der Waals surface area contributed by atoms with Gasteiger partial charge in [0.25, 0.3) is 0 Å². The SMILES string of the molecule is CC(C)CNC(=O)C[C@@H]1CC2(CCN(S(=O)(=O)C3CC3)CC2)Oc2ccccc21. The van der Waals surface area contributed by atoms with Crippen molar-refractivity contribution in [2.24, 2.45) is 5.92 Å². The number of nitrogens with one attached hydrogen (secondary N) is 1. The van der Waals surface area contributed by atoms with E-state index in [0.29, 0.717) is 44.8 Å². The van der Waals surface area contributed by atoms with Crippen molar-refractivity contribution in [2.45, 2.75) is 69.1 Å². The van der Waals surface area contributed by atoms with Crippen LogP contribution < -0.4 is 10.1 Å². The van der Waals surface area contributed by atoms with E-state index in [1.165, 1.54) is 0 Å². The molecule has 4 rings (SSSR count). The summed E-state index contributed by atoms with van der Waals surface area (Å²) in [6.07, 6.45) is 4.15. The summed E-state index contributed by atoms with van der Waals surface area (Å²) < 4.78 is 33.3. The fraction of sp³-hybridized carbons (Fsp3) is 0.682. The molecule has 2 fully saturated rings. The van der Waals surface area contributed by atoms with Crippen molar-refractivity contribution in [3.05, 3.63) is 29.8 Å². The summed E-state index contributed by atoms with van der Waals surface area (Å²) >= 11 is 0. The minimum atomic E-state index is -3.14. The highest BCUT2D eigenvalue weighted by Gasteiger charge is 2.48. The van der Waals surface area contributed by atoms with Crippen LogP contribution in [0.15, 0.2) is 24.3 Å². The van der Waals surface area contributed by atoms with Crippen LogP contribution in [0.3, 0.4) is 0 Å². The van der Waals surface area contributed by atoms with Crippen LogP contribution >= 0.6 is 0 Å². The second-order valence-electron chi connectivity index (χ2n) is 9.27. The van der Waals surface area contributed by atoms with Crippen molar-refractivity contribution >= 4 is 15.9 Å². The lowest BCUT2D eigenvalue weighted by molar-refractivity contribution is -0.122. The van der Waals surface area contributed by atoms with Gasteiger partial charge in [0.15, 0.2) is 0 Å². The summed E-state index contributed by atoms with van der Waals surface area (Å²) in [6.45, 7) is 5.87. The molecule has 0 unspecified atom stereocenters. The Hall–Kier alpha value is -1.60. The van der Waals surface area contributed by atoms with Crippen LogP contribution in [0.1, 0.15) is 63.9 Å². The van der Waals surface area contributed by atoms with Crippen molar-refractivity contribution in [1.82, 2.24) is 9.62 Å². The number of carbonyl (C=O) groups is 1. The summed E-state index contributed by atoms with van der Waals surface area (Å²) in [4.78, 5) is 12.5. The van der Waals surface area contributed by atoms with Crippen LogP contribution in [0.5, 0.6) is 5.75 Å². The molecule has 1 saturated heterocycles. The molecule has 1 spiro atoms. The first kappa shape index (κ1) is 20.7. The van der Waals surface area contributed by atoms with Gasteiger partial charge in [-0.1, -0.05) is 32.0 Å². The Balaban J connectivity index is 1.48. The van der Waals surface area contributed by atoms with E-state index in [1.807, 2.05) is 18.2 Å². The zero-order valence-corrected chi connectivity index (χ0v) is 18.2. The first-order valence-electron chi connectivity index (χ1n) is 10.8. The highest BCUT2D eigenvalue weighted by Crippen LogP contribution is 2.47. The number of benzene rings is 1. The molecule has 1 N–H and O–H groups in total. The van der Waals surface area contributed by atoms with Gasteiger partial charge in [-0.3, -0.25) is 4.79 Å². The Morgan fingerprint density at radius 3 is 2.59 bits per heavy atom. The van der Waals surface area contributed by atoms with E-state index in [0.717, 1.165) is 30.6 Å². The Kier molecular flexibility index (Phi) is 5.64. The molecular weight excluding hydrogens is 388 g/mol. The Morgan fingerprint density at radius 2 is 1.93 bits per heavy atom. The van der Waals surface area contributed by atoms with Gasteiger partial charge < -0.3 is 10.1 Å². The van der Waals surface area contributed by atoms with Crippen molar-refractivity contribution < 1.29 is 17.9 Å². The van der Waals surface area contributed by atoms with Crippen LogP contribution in [-0.4, -0.2) is 49.1 Å². The van der Waals surface area contributed by atoms with Gasteiger partial charge in [-0.15, -0.1) is 0 Å². The number of hydrogen-bond donors (Lipinski definition) is 1. The summed E-state index contributed by atoms with van der Waals surface area (Å²) in [5.41, 5.74) is 0.707. The number of amides is 1. The number of rotatable bonds is 6. The van der Waals surface area contributed by atoms with E-state index in [1.54, 1.807) is 4.31 Å². The Bertz CT molecular complexity index is 855. The van der Waals surface area contributed by atoms with Gasteiger partial charge in [-0.25, -0.2) is 12.7 Å². The molecule has 0 bridgehead atoms. The topological polar surface area (TPSA) is 75.7 Å².